The van der Waals surface area contributed by atoms with E-state index in [1.165, 1.54) is 0 Å². The molecule has 0 spiro atoms. The molecule has 0 bridgehead atoms. The van der Waals surface area contributed by atoms with E-state index in [1.54, 1.807) is 0 Å². The zero-order valence-electron chi connectivity index (χ0n) is 9.56. The molecule has 1 aromatic carbocycles. The van der Waals surface area contributed by atoms with Crippen LogP contribution >= 0.6 is 18.0 Å². The molecule has 0 N–H and O–H groups in total. The summed E-state index contributed by atoms with van der Waals surface area (Å²) in [5, 5.41) is 0. The molecule has 1 aromatic rings. The Balaban J connectivity index is 2.33. The number of hydrogen-bond donors (Lipinski definition) is 0. The molecule has 16 heavy (non-hydrogen) atoms. The van der Waals surface area contributed by atoms with Crippen molar-refractivity contribution in [3.8, 4) is 0 Å². The number of rotatable bonds is 7. The van der Waals surface area contributed by atoms with Gasteiger partial charge >= 0.3 is 0 Å². The predicted octanol–water partition coefficient (Wildman–Crippen LogP) is 4.83. The first-order chi connectivity index (χ1) is 7.64. The second-order valence-corrected chi connectivity index (χ2v) is 7.21. The Labute approximate surface area is 102 Å². The van der Waals surface area contributed by atoms with Crippen LogP contribution in [0.15, 0.2) is 30.3 Å². The lowest BCUT2D eigenvalue weighted by Gasteiger charge is -2.11. The average molecular weight is 261 g/mol. The Bertz CT molecular complexity index is 340. The van der Waals surface area contributed by atoms with E-state index in [4.69, 9.17) is 15.8 Å². The molecule has 2 nitrogen and oxygen atoms in total. The maximum Gasteiger partial charge on any atom is 0.290 e. The molecule has 0 aromatic heterocycles. The van der Waals surface area contributed by atoms with Gasteiger partial charge in [0.25, 0.3) is 6.72 Å². The van der Waals surface area contributed by atoms with Crippen LogP contribution in [-0.2, 0) is 15.7 Å². The van der Waals surface area contributed by atoms with Crippen molar-refractivity contribution < 1.29 is 9.09 Å². The summed E-state index contributed by atoms with van der Waals surface area (Å²) in [6.07, 6.45) is 3.47. The van der Waals surface area contributed by atoms with Crippen molar-refractivity contribution in [2.24, 2.45) is 0 Å². The molecule has 0 saturated heterocycles. The van der Waals surface area contributed by atoms with Crippen LogP contribution in [0.5, 0.6) is 0 Å². The molecular weight excluding hydrogens is 243 g/mol. The van der Waals surface area contributed by atoms with Crippen molar-refractivity contribution in [2.75, 3.05) is 6.16 Å². The fourth-order valence-corrected chi connectivity index (χ4v) is 2.94. The summed E-state index contributed by atoms with van der Waals surface area (Å²) in [5.41, 5.74) is 0.999. The molecule has 1 atom stereocenters. The maximum atomic E-state index is 11.8. The maximum absolute atomic E-state index is 11.8. The third-order valence-electron chi connectivity index (χ3n) is 2.30. The van der Waals surface area contributed by atoms with E-state index < -0.39 is 6.72 Å². The van der Waals surface area contributed by atoms with Crippen LogP contribution in [0.25, 0.3) is 0 Å². The first-order valence-corrected chi connectivity index (χ1v) is 8.33. The predicted molar refractivity (Wildman–Crippen MR) is 69.1 cm³/mol. The first kappa shape index (κ1) is 13.8. The summed E-state index contributed by atoms with van der Waals surface area (Å²) in [6, 6.07) is 9.65. The molecule has 4 heteroatoms. The monoisotopic (exact) mass is 260 g/mol. The second-order valence-electron chi connectivity index (χ2n) is 3.78. The number of unbranched alkanes of at least 4 members (excludes halogenated alkanes) is 2. The Morgan fingerprint density at radius 3 is 2.56 bits per heavy atom. The quantitative estimate of drug-likeness (QED) is 0.519. The zero-order chi connectivity index (χ0) is 11.9. The van der Waals surface area contributed by atoms with Crippen molar-refractivity contribution in [3.63, 3.8) is 0 Å². The minimum Gasteiger partial charge on any atom is -0.313 e. The lowest BCUT2D eigenvalue weighted by atomic mass is 10.2. The van der Waals surface area contributed by atoms with Crippen LogP contribution < -0.4 is 0 Å². The van der Waals surface area contributed by atoms with Gasteiger partial charge in [-0.3, -0.25) is 4.57 Å². The van der Waals surface area contributed by atoms with E-state index >= 15 is 0 Å². The Morgan fingerprint density at radius 2 is 1.94 bits per heavy atom. The zero-order valence-corrected chi connectivity index (χ0v) is 11.2. The largest absolute Gasteiger partial charge is 0.313 e. The Kier molecular flexibility index (Phi) is 6.12. The highest BCUT2D eigenvalue weighted by atomic mass is 35.7. The van der Waals surface area contributed by atoms with Crippen LogP contribution in [0.3, 0.4) is 0 Å². The van der Waals surface area contributed by atoms with Gasteiger partial charge < -0.3 is 4.52 Å². The van der Waals surface area contributed by atoms with E-state index in [9.17, 15) is 4.57 Å². The molecule has 0 aliphatic heterocycles. The van der Waals surface area contributed by atoms with Crippen molar-refractivity contribution in [2.45, 2.75) is 32.8 Å². The molecule has 0 saturated carbocycles. The van der Waals surface area contributed by atoms with Crippen LogP contribution in [0.4, 0.5) is 0 Å². The van der Waals surface area contributed by atoms with Crippen LogP contribution in [-0.4, -0.2) is 6.16 Å². The third-order valence-corrected chi connectivity index (χ3v) is 4.46. The normalized spacial score (nSPS) is 14.6. The highest BCUT2D eigenvalue weighted by Gasteiger charge is 2.18. The van der Waals surface area contributed by atoms with Gasteiger partial charge in [-0.2, -0.15) is 0 Å². The smallest absolute Gasteiger partial charge is 0.290 e. The second kappa shape index (κ2) is 7.11. The topological polar surface area (TPSA) is 26.3 Å². The summed E-state index contributed by atoms with van der Waals surface area (Å²) in [6.45, 7) is -0.487. The number of hydrogen-bond acceptors (Lipinski definition) is 2. The van der Waals surface area contributed by atoms with Gasteiger partial charge in [0, 0.05) is 6.16 Å². The fourth-order valence-electron chi connectivity index (χ4n) is 1.36. The number of halogens is 1. The first-order valence-electron chi connectivity index (χ1n) is 5.61. The molecular formula is C12H18ClO2P. The van der Waals surface area contributed by atoms with E-state index in [1.807, 2.05) is 30.3 Å². The van der Waals surface area contributed by atoms with Crippen LogP contribution in [0, 0.1) is 0 Å². The van der Waals surface area contributed by atoms with Gasteiger partial charge in [0.1, 0.15) is 0 Å². The highest BCUT2D eigenvalue weighted by molar-refractivity contribution is 7.85. The fraction of sp³-hybridized carbons (Fsp3) is 0.500. The average Bonchev–Trinajstić information content (AvgIpc) is 2.28. The molecule has 1 rings (SSSR count). The van der Waals surface area contributed by atoms with E-state index in [-0.39, 0.29) is 0 Å². The van der Waals surface area contributed by atoms with Gasteiger partial charge in [-0.25, -0.2) is 0 Å². The molecule has 0 aliphatic rings. The van der Waals surface area contributed by atoms with Gasteiger partial charge in [0.05, 0.1) is 6.61 Å². The van der Waals surface area contributed by atoms with Gasteiger partial charge in [0.2, 0.25) is 0 Å². The summed E-state index contributed by atoms with van der Waals surface area (Å²) in [5.74, 6) is 0. The van der Waals surface area contributed by atoms with E-state index in [0.717, 1.165) is 24.8 Å². The molecule has 0 radical (unpaired) electrons. The third kappa shape index (κ3) is 5.69. The summed E-state index contributed by atoms with van der Waals surface area (Å²) in [4.78, 5) is 0. The highest BCUT2D eigenvalue weighted by Crippen LogP contribution is 2.53. The van der Waals surface area contributed by atoms with Crippen LogP contribution in [0.1, 0.15) is 31.7 Å². The summed E-state index contributed by atoms with van der Waals surface area (Å²) >= 11 is 5.86. The van der Waals surface area contributed by atoms with E-state index in [0.29, 0.717) is 12.8 Å². The Hall–Kier alpha value is -0.300. The molecule has 90 valence electrons. The molecule has 0 amide bonds. The van der Waals surface area contributed by atoms with Crippen molar-refractivity contribution in [1.82, 2.24) is 0 Å². The van der Waals surface area contributed by atoms with E-state index in [2.05, 4.69) is 6.92 Å². The van der Waals surface area contributed by atoms with Gasteiger partial charge in [-0.1, -0.05) is 50.1 Å². The molecule has 1 unspecified atom stereocenters. The van der Waals surface area contributed by atoms with Crippen molar-refractivity contribution >= 4 is 18.0 Å². The Morgan fingerprint density at radius 1 is 1.25 bits per heavy atom. The minimum absolute atomic E-state index is 0.327. The SMILES string of the molecule is CCCCCP(=O)(Cl)OCc1ccccc1. The summed E-state index contributed by atoms with van der Waals surface area (Å²) < 4.78 is 17.1. The van der Waals surface area contributed by atoms with Crippen molar-refractivity contribution in [3.05, 3.63) is 35.9 Å². The van der Waals surface area contributed by atoms with Gasteiger partial charge in [0.15, 0.2) is 0 Å². The lowest BCUT2D eigenvalue weighted by Crippen LogP contribution is -1.92. The van der Waals surface area contributed by atoms with Crippen LogP contribution in [0.2, 0.25) is 0 Å². The lowest BCUT2D eigenvalue weighted by molar-refractivity contribution is 0.313. The summed E-state index contributed by atoms with van der Waals surface area (Å²) in [7, 11) is 0. The van der Waals surface area contributed by atoms with Gasteiger partial charge in [-0.05, 0) is 23.2 Å². The molecule has 0 fully saturated rings. The molecule has 0 aliphatic carbocycles. The van der Waals surface area contributed by atoms with Gasteiger partial charge in [-0.15, -0.1) is 0 Å². The number of benzene rings is 1. The minimum atomic E-state index is -2.92. The van der Waals surface area contributed by atoms with Crippen molar-refractivity contribution in [1.29, 1.82) is 0 Å². The standard InChI is InChI=1S/C12H18ClO2P/c1-2-3-7-10-16(13,14)15-11-12-8-5-4-6-9-12/h4-6,8-9H,2-3,7,10-11H2,1H3. The molecule has 0 heterocycles.